The molecule has 3 heteroatoms. The van der Waals surface area contributed by atoms with Gasteiger partial charge in [-0.05, 0) is 12.1 Å². The Labute approximate surface area is 76.1 Å². The van der Waals surface area contributed by atoms with Crippen LogP contribution in [0.1, 0.15) is 21.6 Å². The van der Waals surface area contributed by atoms with Crippen LogP contribution >= 0.6 is 0 Å². The van der Waals surface area contributed by atoms with Crippen LogP contribution < -0.4 is 0 Å². The third-order valence-corrected chi connectivity index (χ3v) is 1.61. The molecule has 0 amide bonds. The van der Waals surface area contributed by atoms with Crippen molar-refractivity contribution in [2.45, 2.75) is 0 Å². The van der Waals surface area contributed by atoms with Crippen molar-refractivity contribution in [3.63, 3.8) is 0 Å². The highest BCUT2D eigenvalue weighted by Gasteiger charge is 2.05. The molecule has 0 aliphatic heterocycles. The molecule has 0 atom stereocenters. The zero-order valence-electron chi connectivity index (χ0n) is 7.03. The minimum Gasteiger partial charge on any atom is -0.478 e. The summed E-state index contributed by atoms with van der Waals surface area (Å²) in [4.78, 5) is 14.5. The highest BCUT2D eigenvalue weighted by atomic mass is 16.4. The second-order valence-corrected chi connectivity index (χ2v) is 2.41. The Morgan fingerprint density at radius 1 is 1.46 bits per heavy atom. The molecule has 0 saturated carbocycles. The number of rotatable bonds is 3. The Morgan fingerprint density at radius 3 is 2.62 bits per heavy atom. The van der Waals surface area contributed by atoms with Gasteiger partial charge in [0.2, 0.25) is 0 Å². The van der Waals surface area contributed by atoms with Crippen molar-refractivity contribution in [2.75, 3.05) is 0 Å². The molecule has 0 aromatic carbocycles. The highest BCUT2D eigenvalue weighted by Crippen LogP contribution is 2.11. The van der Waals surface area contributed by atoms with Gasteiger partial charge in [-0.15, -0.1) is 0 Å². The maximum Gasteiger partial charge on any atom is 0.337 e. The van der Waals surface area contributed by atoms with E-state index in [-0.39, 0.29) is 5.56 Å². The lowest BCUT2D eigenvalue weighted by Crippen LogP contribution is -1.99. The number of carbonyl (C=O) groups is 1. The van der Waals surface area contributed by atoms with Crippen LogP contribution in [0.5, 0.6) is 0 Å². The summed E-state index contributed by atoms with van der Waals surface area (Å²) >= 11 is 0. The van der Waals surface area contributed by atoms with Gasteiger partial charge in [-0.2, -0.15) is 0 Å². The molecule has 1 aromatic heterocycles. The van der Waals surface area contributed by atoms with E-state index in [9.17, 15) is 4.79 Å². The maximum atomic E-state index is 10.6. The number of pyridine rings is 1. The van der Waals surface area contributed by atoms with Crippen molar-refractivity contribution < 1.29 is 9.90 Å². The molecule has 0 bridgehead atoms. The summed E-state index contributed by atoms with van der Waals surface area (Å²) < 4.78 is 0. The van der Waals surface area contributed by atoms with E-state index in [0.717, 1.165) is 0 Å². The van der Waals surface area contributed by atoms with Gasteiger partial charge in [0, 0.05) is 11.8 Å². The summed E-state index contributed by atoms with van der Waals surface area (Å²) in [7, 11) is 0. The van der Waals surface area contributed by atoms with Gasteiger partial charge in [-0.1, -0.05) is 19.2 Å². The molecule has 1 heterocycles. The fraction of sp³-hybridized carbons (Fsp3) is 0. The van der Waals surface area contributed by atoms with Crippen molar-refractivity contribution in [1.29, 1.82) is 0 Å². The second-order valence-electron chi connectivity index (χ2n) is 2.41. The van der Waals surface area contributed by atoms with Crippen molar-refractivity contribution in [3.8, 4) is 0 Å². The summed E-state index contributed by atoms with van der Waals surface area (Å²) in [6.45, 7) is 7.12. The minimum atomic E-state index is -0.994. The summed E-state index contributed by atoms with van der Waals surface area (Å²) in [5.41, 5.74) is 1.47. The summed E-state index contributed by atoms with van der Waals surface area (Å²) in [5.74, 6) is -0.994. The Balaban J connectivity index is 3.28. The molecule has 0 saturated heterocycles. The Morgan fingerprint density at radius 2 is 2.15 bits per heavy atom. The number of aromatic nitrogens is 1. The van der Waals surface area contributed by atoms with Crippen molar-refractivity contribution in [1.82, 2.24) is 4.98 Å². The second kappa shape index (κ2) is 3.67. The standard InChI is InChI=1S/C10H9NO2/c1-3-7-5-8(10(12)13)6-11-9(7)4-2/h3-6H,1-2H2,(H,12,13). The van der Waals surface area contributed by atoms with Gasteiger partial charge in [-0.25, -0.2) is 4.79 Å². The molecule has 0 aliphatic carbocycles. The maximum absolute atomic E-state index is 10.6. The predicted octanol–water partition coefficient (Wildman–Crippen LogP) is 2.07. The zero-order valence-corrected chi connectivity index (χ0v) is 7.03. The molecular formula is C10H9NO2. The lowest BCUT2D eigenvalue weighted by atomic mass is 10.1. The van der Waals surface area contributed by atoms with Crippen LogP contribution in [0.3, 0.4) is 0 Å². The van der Waals surface area contributed by atoms with Crippen LogP contribution in [0.15, 0.2) is 25.4 Å². The first-order valence-electron chi connectivity index (χ1n) is 3.67. The summed E-state index contributed by atoms with van der Waals surface area (Å²) in [5, 5.41) is 8.67. The van der Waals surface area contributed by atoms with Gasteiger partial charge < -0.3 is 5.11 Å². The van der Waals surface area contributed by atoms with Crippen molar-refractivity contribution in [2.24, 2.45) is 0 Å². The van der Waals surface area contributed by atoms with Gasteiger partial charge in [-0.3, -0.25) is 4.98 Å². The fourth-order valence-corrected chi connectivity index (χ4v) is 0.943. The Kier molecular flexibility index (Phi) is 2.59. The summed E-state index contributed by atoms with van der Waals surface area (Å²) in [6.07, 6.45) is 4.41. The number of hydrogen-bond acceptors (Lipinski definition) is 2. The third kappa shape index (κ3) is 1.82. The zero-order chi connectivity index (χ0) is 9.84. The van der Waals surface area contributed by atoms with E-state index in [1.54, 1.807) is 12.2 Å². The molecule has 3 nitrogen and oxygen atoms in total. The van der Waals surface area contributed by atoms with Crippen LogP contribution in [0, 0.1) is 0 Å². The SMILES string of the molecule is C=Cc1cc(C(=O)O)cnc1C=C. The lowest BCUT2D eigenvalue weighted by Gasteiger charge is -2.00. The van der Waals surface area contributed by atoms with Gasteiger partial charge in [0.15, 0.2) is 0 Å². The molecular weight excluding hydrogens is 166 g/mol. The topological polar surface area (TPSA) is 50.2 Å². The number of aromatic carboxylic acids is 1. The minimum absolute atomic E-state index is 0.153. The number of hydrogen-bond donors (Lipinski definition) is 1. The van der Waals surface area contributed by atoms with Crippen molar-refractivity contribution >= 4 is 18.1 Å². The predicted molar refractivity (Wildman–Crippen MR) is 51.4 cm³/mol. The molecule has 0 unspecified atom stereocenters. The van der Waals surface area contributed by atoms with Crippen LogP contribution in [0.25, 0.3) is 12.2 Å². The third-order valence-electron chi connectivity index (χ3n) is 1.61. The van der Waals surface area contributed by atoms with Gasteiger partial charge >= 0.3 is 5.97 Å². The Bertz CT molecular complexity index is 369. The molecule has 1 N–H and O–H groups in total. The van der Waals surface area contributed by atoms with E-state index in [1.165, 1.54) is 12.3 Å². The first kappa shape index (κ1) is 9.19. The van der Waals surface area contributed by atoms with Crippen LogP contribution in [-0.2, 0) is 0 Å². The molecule has 66 valence electrons. The van der Waals surface area contributed by atoms with E-state index in [4.69, 9.17) is 5.11 Å². The number of nitrogens with zero attached hydrogens (tertiary/aromatic N) is 1. The van der Waals surface area contributed by atoms with Crippen LogP contribution in [-0.4, -0.2) is 16.1 Å². The molecule has 0 fully saturated rings. The lowest BCUT2D eigenvalue weighted by molar-refractivity contribution is 0.0696. The van der Waals surface area contributed by atoms with E-state index in [2.05, 4.69) is 18.1 Å². The largest absolute Gasteiger partial charge is 0.478 e. The first-order chi connectivity index (χ1) is 6.19. The van der Waals surface area contributed by atoms with Gasteiger partial charge in [0.05, 0.1) is 11.3 Å². The van der Waals surface area contributed by atoms with E-state index >= 15 is 0 Å². The molecule has 1 aromatic rings. The average molecular weight is 175 g/mol. The first-order valence-corrected chi connectivity index (χ1v) is 3.67. The highest BCUT2D eigenvalue weighted by molar-refractivity contribution is 5.88. The molecule has 0 aliphatic rings. The fourth-order valence-electron chi connectivity index (χ4n) is 0.943. The molecule has 1 rings (SSSR count). The number of carboxylic acid groups (broad SMARTS) is 1. The molecule has 0 spiro atoms. The smallest absolute Gasteiger partial charge is 0.337 e. The molecule has 13 heavy (non-hydrogen) atoms. The Hall–Kier alpha value is -1.90. The quantitative estimate of drug-likeness (QED) is 0.765. The monoisotopic (exact) mass is 175 g/mol. The van der Waals surface area contributed by atoms with Gasteiger partial charge in [0.25, 0.3) is 0 Å². The van der Waals surface area contributed by atoms with E-state index in [0.29, 0.717) is 11.3 Å². The normalized spacial score (nSPS) is 9.23. The summed E-state index contributed by atoms with van der Waals surface area (Å²) in [6, 6.07) is 1.51. The van der Waals surface area contributed by atoms with E-state index < -0.39 is 5.97 Å². The number of carboxylic acids is 1. The molecule has 0 radical (unpaired) electrons. The van der Waals surface area contributed by atoms with Crippen molar-refractivity contribution in [3.05, 3.63) is 42.2 Å². The van der Waals surface area contributed by atoms with Crippen LogP contribution in [0.4, 0.5) is 0 Å². The van der Waals surface area contributed by atoms with Gasteiger partial charge in [0.1, 0.15) is 0 Å². The van der Waals surface area contributed by atoms with E-state index in [1.807, 2.05) is 0 Å². The van der Waals surface area contributed by atoms with Crippen LogP contribution in [0.2, 0.25) is 0 Å². The average Bonchev–Trinajstić information content (AvgIpc) is 2.16.